The summed E-state index contributed by atoms with van der Waals surface area (Å²) in [4.78, 5) is 19.3. The molecule has 1 radical (unpaired) electrons. The second-order valence-electron chi connectivity index (χ2n) is 1.67. The molecule has 0 aromatic heterocycles. The molecule has 0 aliphatic rings. The van der Waals surface area contributed by atoms with Gasteiger partial charge in [0, 0.05) is 22.4 Å². The first kappa shape index (κ1) is 20.8. The van der Waals surface area contributed by atoms with E-state index in [0.29, 0.717) is 0 Å². The van der Waals surface area contributed by atoms with Crippen LogP contribution in [-0.4, -0.2) is 24.3 Å². The van der Waals surface area contributed by atoms with Crippen LogP contribution in [0.2, 0.25) is 0 Å². The number of hydrogen-bond donors (Lipinski definition) is 0. The molecule has 0 aliphatic carbocycles. The predicted octanol–water partition coefficient (Wildman–Crippen LogP) is -1.71. The molecule has 0 aromatic carbocycles. The zero-order valence-electron chi connectivity index (χ0n) is 7.79. The number of halogens is 6. The van der Waals surface area contributed by atoms with Gasteiger partial charge in [-0.15, -0.1) is 0 Å². The van der Waals surface area contributed by atoms with Crippen molar-refractivity contribution in [2.24, 2.45) is 0 Å². The van der Waals surface area contributed by atoms with Crippen molar-refractivity contribution in [1.82, 2.24) is 0 Å². The average molecular weight is 342 g/mol. The number of ether oxygens (including phenoxy) is 1. The molecule has 0 atom stereocenters. The van der Waals surface area contributed by atoms with E-state index in [0.717, 1.165) is 0 Å². The zero-order valence-corrected chi connectivity index (χ0v) is 10.3. The van der Waals surface area contributed by atoms with E-state index < -0.39 is 24.3 Å². The Bertz CT molecular complexity index is 217. The van der Waals surface area contributed by atoms with Crippen molar-refractivity contribution in [3.05, 3.63) is 0 Å². The summed E-state index contributed by atoms with van der Waals surface area (Å²) in [5.74, 6) is -6.40. The van der Waals surface area contributed by atoms with Crippen molar-refractivity contribution < 1.29 is 94.0 Å². The van der Waals surface area contributed by atoms with Crippen LogP contribution in [0.1, 0.15) is 1.43 Å². The van der Waals surface area contributed by atoms with Crippen LogP contribution in [0.15, 0.2) is 0 Å². The Morgan fingerprint density at radius 2 is 1.07 bits per heavy atom. The van der Waals surface area contributed by atoms with Crippen LogP contribution in [0.5, 0.6) is 0 Å². The number of hydrogen-bond acceptors (Lipinski definition) is 3. The van der Waals surface area contributed by atoms with Crippen molar-refractivity contribution in [2.75, 3.05) is 0 Å². The summed E-state index contributed by atoms with van der Waals surface area (Å²) in [7, 11) is 0. The number of carbonyl (C=O) groups excluding carboxylic acids is 2. The van der Waals surface area contributed by atoms with Gasteiger partial charge in [0.15, 0.2) is 0 Å². The van der Waals surface area contributed by atoms with E-state index >= 15 is 0 Å². The second kappa shape index (κ2) is 6.92. The average Bonchev–Trinajstić information content (AvgIpc) is 1.82. The molecule has 11 heteroatoms. The number of carbonyl (C=O) groups is 2. The third-order valence-corrected chi connectivity index (χ3v) is 0.648. The molecule has 0 saturated carbocycles. The van der Waals surface area contributed by atoms with Gasteiger partial charge in [-0.05, 0) is 0 Å². The molecule has 0 bridgehead atoms. The standard InChI is InChI=1S/C4F6O3.Ag.Na.H/c5-3(6,7)1(11)13-2(12)4(8,9)10;;;/q;;+1;-1. The first-order valence-electron chi connectivity index (χ1n) is 2.45. The first-order chi connectivity index (χ1) is 5.55. The van der Waals surface area contributed by atoms with Crippen LogP contribution < -0.4 is 29.6 Å². The molecular weight excluding hydrogens is 341 g/mol. The van der Waals surface area contributed by atoms with Gasteiger partial charge in [0.05, 0.1) is 0 Å². The minimum atomic E-state index is -5.62. The summed E-state index contributed by atoms with van der Waals surface area (Å²) in [6.45, 7) is 0. The fourth-order valence-electron chi connectivity index (χ4n) is 0.200. The Labute approximate surface area is 118 Å². The normalized spacial score (nSPS) is 10.8. The molecule has 0 aliphatic heterocycles. The smallest absolute Gasteiger partial charge is 1.00 e. The third-order valence-electron chi connectivity index (χ3n) is 0.648. The quantitative estimate of drug-likeness (QED) is 0.228. The fraction of sp³-hybridized carbons (Fsp3) is 0.500. The van der Waals surface area contributed by atoms with Crippen LogP contribution in [-0.2, 0) is 36.7 Å². The number of esters is 2. The molecule has 0 aromatic rings. The summed E-state index contributed by atoms with van der Waals surface area (Å²) in [6, 6.07) is 0. The van der Waals surface area contributed by atoms with E-state index in [4.69, 9.17) is 0 Å². The Morgan fingerprint density at radius 3 is 1.20 bits per heavy atom. The van der Waals surface area contributed by atoms with Gasteiger partial charge in [0.1, 0.15) is 0 Å². The molecule has 0 unspecified atom stereocenters. The van der Waals surface area contributed by atoms with E-state index in [-0.39, 0.29) is 53.4 Å². The van der Waals surface area contributed by atoms with Crippen LogP contribution in [0.3, 0.4) is 0 Å². The predicted molar refractivity (Wildman–Crippen MR) is 24.3 cm³/mol. The largest absolute Gasteiger partial charge is 1.00 e. The summed E-state index contributed by atoms with van der Waals surface area (Å²) in [6.07, 6.45) is -11.2. The monoisotopic (exact) mass is 341 g/mol. The molecular formula is C4HAgF6NaO3. The van der Waals surface area contributed by atoms with Crippen LogP contribution >= 0.6 is 0 Å². The van der Waals surface area contributed by atoms with Crippen LogP contribution in [0.25, 0.3) is 0 Å². The minimum absolute atomic E-state index is 0. The Hall–Kier alpha value is 0.460. The van der Waals surface area contributed by atoms with Crippen molar-refractivity contribution >= 4 is 11.9 Å². The molecule has 3 nitrogen and oxygen atoms in total. The maximum absolute atomic E-state index is 11.2. The van der Waals surface area contributed by atoms with Crippen molar-refractivity contribution in [2.45, 2.75) is 12.4 Å². The van der Waals surface area contributed by atoms with E-state index in [1.165, 1.54) is 0 Å². The van der Waals surface area contributed by atoms with E-state index in [1.54, 1.807) is 0 Å². The summed E-state index contributed by atoms with van der Waals surface area (Å²) >= 11 is 0. The molecule has 0 fully saturated rings. The topological polar surface area (TPSA) is 43.4 Å². The maximum atomic E-state index is 11.2. The number of rotatable bonds is 0. The Balaban J connectivity index is -0.000000240. The van der Waals surface area contributed by atoms with Gasteiger partial charge >= 0.3 is 53.8 Å². The Kier molecular flexibility index (Phi) is 9.60. The van der Waals surface area contributed by atoms with E-state index in [2.05, 4.69) is 4.74 Å². The van der Waals surface area contributed by atoms with Gasteiger partial charge in [0.25, 0.3) is 0 Å². The molecule has 15 heavy (non-hydrogen) atoms. The molecule has 0 amide bonds. The van der Waals surface area contributed by atoms with Gasteiger partial charge in [-0.2, -0.15) is 26.3 Å². The third kappa shape index (κ3) is 8.29. The fourth-order valence-corrected chi connectivity index (χ4v) is 0.200. The second-order valence-corrected chi connectivity index (χ2v) is 1.67. The SMILES string of the molecule is O=C(OC(=O)C(F)(F)F)C(F)(F)F.[Ag].[H-].[Na+]. The van der Waals surface area contributed by atoms with Crippen molar-refractivity contribution in [3.8, 4) is 0 Å². The molecule has 0 N–H and O–H groups in total. The zero-order chi connectivity index (χ0) is 10.9. The molecule has 0 spiro atoms. The van der Waals surface area contributed by atoms with Crippen LogP contribution in [0.4, 0.5) is 26.3 Å². The van der Waals surface area contributed by atoms with Gasteiger partial charge < -0.3 is 6.16 Å². The Morgan fingerprint density at radius 1 is 0.867 bits per heavy atom. The summed E-state index contributed by atoms with van der Waals surface area (Å²) in [5, 5.41) is 0. The van der Waals surface area contributed by atoms with Gasteiger partial charge in [-0.1, -0.05) is 0 Å². The maximum Gasteiger partial charge on any atom is 1.00 e. The first-order valence-corrected chi connectivity index (χ1v) is 2.45. The van der Waals surface area contributed by atoms with Gasteiger partial charge in [-0.25, -0.2) is 9.59 Å². The molecule has 0 rings (SSSR count). The van der Waals surface area contributed by atoms with Gasteiger partial charge in [0.2, 0.25) is 0 Å². The van der Waals surface area contributed by atoms with Crippen LogP contribution in [0, 0.1) is 0 Å². The summed E-state index contributed by atoms with van der Waals surface area (Å²) < 4.78 is 69.7. The minimum Gasteiger partial charge on any atom is -1.00 e. The molecule has 0 saturated heterocycles. The molecule has 89 valence electrons. The van der Waals surface area contributed by atoms with Crippen molar-refractivity contribution in [3.63, 3.8) is 0 Å². The molecule has 0 heterocycles. The van der Waals surface area contributed by atoms with Gasteiger partial charge in [-0.3, -0.25) is 0 Å². The summed E-state index contributed by atoms with van der Waals surface area (Å²) in [5.41, 5.74) is 0. The van der Waals surface area contributed by atoms with E-state index in [9.17, 15) is 35.9 Å². The van der Waals surface area contributed by atoms with E-state index in [1.807, 2.05) is 0 Å². The number of alkyl halides is 6. The van der Waals surface area contributed by atoms with Crippen molar-refractivity contribution in [1.29, 1.82) is 0 Å².